The molecule has 0 amide bonds. The Kier molecular flexibility index (Phi) is 3.91. The number of hydrogen-bond acceptors (Lipinski definition) is 6. The average Bonchev–Trinajstić information content (AvgIpc) is 2.85. The summed E-state index contributed by atoms with van der Waals surface area (Å²) < 4.78 is 10.4. The van der Waals surface area contributed by atoms with E-state index in [1.54, 1.807) is 6.92 Å². The first-order valence-electron chi connectivity index (χ1n) is 5.61. The van der Waals surface area contributed by atoms with Crippen molar-refractivity contribution < 1.29 is 14.4 Å². The van der Waals surface area contributed by atoms with Gasteiger partial charge in [-0.1, -0.05) is 23.4 Å². The maximum atomic E-state index is 9.31. The van der Waals surface area contributed by atoms with E-state index in [1.807, 2.05) is 30.3 Å². The highest BCUT2D eigenvalue weighted by molar-refractivity contribution is 5.20. The zero-order valence-electron chi connectivity index (χ0n) is 9.98. The van der Waals surface area contributed by atoms with E-state index >= 15 is 0 Å². The van der Waals surface area contributed by atoms with Gasteiger partial charge in [-0.25, -0.2) is 0 Å². The minimum atomic E-state index is -0.742. The molecule has 0 saturated heterocycles. The number of nitrogens with zero attached hydrogens (tertiary/aromatic N) is 2. The molecule has 6 nitrogen and oxygen atoms in total. The lowest BCUT2D eigenvalue weighted by atomic mass is 10.2. The monoisotopic (exact) mass is 249 g/mol. The SMILES string of the molecule is C[C@@H](O)[C@H](N)c1nc(COc2ccccc2)no1. The molecule has 1 aromatic carbocycles. The van der Waals surface area contributed by atoms with Gasteiger partial charge in [-0.3, -0.25) is 0 Å². The van der Waals surface area contributed by atoms with E-state index in [0.29, 0.717) is 5.82 Å². The summed E-state index contributed by atoms with van der Waals surface area (Å²) in [4.78, 5) is 4.06. The van der Waals surface area contributed by atoms with Crippen LogP contribution >= 0.6 is 0 Å². The van der Waals surface area contributed by atoms with Crippen LogP contribution in [0.1, 0.15) is 24.7 Å². The first-order chi connectivity index (χ1) is 8.66. The van der Waals surface area contributed by atoms with Crippen molar-refractivity contribution in [2.45, 2.75) is 25.7 Å². The van der Waals surface area contributed by atoms with Gasteiger partial charge in [0.05, 0.1) is 6.10 Å². The Labute approximate surface area is 104 Å². The minimum absolute atomic E-state index is 0.194. The summed E-state index contributed by atoms with van der Waals surface area (Å²) in [5.41, 5.74) is 5.67. The van der Waals surface area contributed by atoms with Crippen LogP contribution < -0.4 is 10.5 Å². The van der Waals surface area contributed by atoms with Crippen LogP contribution in [0.15, 0.2) is 34.9 Å². The van der Waals surface area contributed by atoms with Crippen molar-refractivity contribution in [1.82, 2.24) is 10.1 Å². The fourth-order valence-electron chi connectivity index (χ4n) is 1.33. The van der Waals surface area contributed by atoms with Gasteiger partial charge in [0.25, 0.3) is 0 Å². The normalized spacial score (nSPS) is 14.2. The van der Waals surface area contributed by atoms with Crippen LogP contribution in [0.3, 0.4) is 0 Å². The van der Waals surface area contributed by atoms with Gasteiger partial charge in [0.15, 0.2) is 6.61 Å². The van der Waals surface area contributed by atoms with Gasteiger partial charge >= 0.3 is 0 Å². The molecule has 0 aliphatic rings. The molecule has 18 heavy (non-hydrogen) atoms. The summed E-state index contributed by atoms with van der Waals surface area (Å²) in [6, 6.07) is 8.65. The Balaban J connectivity index is 1.95. The zero-order chi connectivity index (χ0) is 13.0. The number of aliphatic hydroxyl groups excluding tert-OH is 1. The molecule has 1 aromatic heterocycles. The maximum absolute atomic E-state index is 9.31. The van der Waals surface area contributed by atoms with Gasteiger partial charge in [0.2, 0.25) is 11.7 Å². The largest absolute Gasteiger partial charge is 0.485 e. The predicted octanol–water partition coefficient (Wildman–Crippen LogP) is 1.03. The lowest BCUT2D eigenvalue weighted by Gasteiger charge is -2.08. The number of hydrogen-bond donors (Lipinski definition) is 2. The van der Waals surface area contributed by atoms with Crippen LogP contribution in [0.4, 0.5) is 0 Å². The Bertz CT molecular complexity index is 484. The highest BCUT2D eigenvalue weighted by atomic mass is 16.5. The fourth-order valence-corrected chi connectivity index (χ4v) is 1.33. The molecule has 0 saturated carbocycles. The molecule has 0 aliphatic carbocycles. The second-order valence-corrected chi connectivity index (χ2v) is 3.92. The molecule has 6 heteroatoms. The molecular formula is C12H15N3O3. The molecule has 2 rings (SSSR count). The molecule has 0 aliphatic heterocycles. The Morgan fingerprint density at radius 1 is 1.39 bits per heavy atom. The molecule has 2 atom stereocenters. The first kappa shape index (κ1) is 12.5. The minimum Gasteiger partial charge on any atom is -0.485 e. The molecule has 0 fully saturated rings. The topological polar surface area (TPSA) is 94.4 Å². The fraction of sp³-hybridized carbons (Fsp3) is 0.333. The van der Waals surface area contributed by atoms with Crippen molar-refractivity contribution in [3.63, 3.8) is 0 Å². The molecule has 3 N–H and O–H groups in total. The second-order valence-electron chi connectivity index (χ2n) is 3.92. The number of benzene rings is 1. The van der Waals surface area contributed by atoms with Crippen molar-refractivity contribution in [1.29, 1.82) is 0 Å². The molecular weight excluding hydrogens is 234 g/mol. The van der Waals surface area contributed by atoms with Crippen molar-refractivity contribution in [3.8, 4) is 5.75 Å². The molecule has 0 bridgehead atoms. The van der Waals surface area contributed by atoms with E-state index in [9.17, 15) is 5.11 Å². The third-order valence-electron chi connectivity index (χ3n) is 2.40. The standard InChI is InChI=1S/C12H15N3O3/c1-8(16)11(13)12-14-10(15-18-12)7-17-9-5-3-2-4-6-9/h2-6,8,11,16H,7,13H2,1H3/t8-,11+/m1/s1. The highest BCUT2D eigenvalue weighted by Gasteiger charge is 2.19. The summed E-state index contributed by atoms with van der Waals surface area (Å²) in [6.07, 6.45) is -0.742. The molecule has 0 spiro atoms. The van der Waals surface area contributed by atoms with Crippen molar-refractivity contribution in [2.75, 3.05) is 0 Å². The molecule has 96 valence electrons. The van der Waals surface area contributed by atoms with E-state index in [0.717, 1.165) is 5.75 Å². The number of nitrogens with two attached hydrogens (primary N) is 1. The van der Waals surface area contributed by atoms with E-state index in [4.69, 9.17) is 15.0 Å². The smallest absolute Gasteiger partial charge is 0.246 e. The maximum Gasteiger partial charge on any atom is 0.246 e. The van der Waals surface area contributed by atoms with Gasteiger partial charge in [-0.2, -0.15) is 4.98 Å². The third kappa shape index (κ3) is 3.06. The van der Waals surface area contributed by atoms with Crippen LogP contribution in [0.5, 0.6) is 5.75 Å². The number of aromatic nitrogens is 2. The molecule has 0 unspecified atom stereocenters. The van der Waals surface area contributed by atoms with E-state index in [-0.39, 0.29) is 12.5 Å². The second kappa shape index (κ2) is 5.61. The van der Waals surface area contributed by atoms with Crippen LogP contribution in [0, 0.1) is 0 Å². The quantitative estimate of drug-likeness (QED) is 0.821. The van der Waals surface area contributed by atoms with Crippen molar-refractivity contribution in [3.05, 3.63) is 42.0 Å². The third-order valence-corrected chi connectivity index (χ3v) is 2.40. The first-order valence-corrected chi connectivity index (χ1v) is 5.61. The summed E-state index contributed by atoms with van der Waals surface area (Å²) >= 11 is 0. The molecule has 2 aromatic rings. The predicted molar refractivity (Wildman–Crippen MR) is 63.7 cm³/mol. The molecule has 1 heterocycles. The summed E-state index contributed by atoms with van der Waals surface area (Å²) in [5, 5.41) is 13.0. The lowest BCUT2D eigenvalue weighted by molar-refractivity contribution is 0.146. The number of aliphatic hydroxyl groups is 1. The van der Waals surface area contributed by atoms with Gasteiger partial charge in [0, 0.05) is 0 Å². The van der Waals surface area contributed by atoms with Gasteiger partial charge in [0.1, 0.15) is 11.8 Å². The van der Waals surface area contributed by atoms with Gasteiger partial charge < -0.3 is 20.1 Å². The average molecular weight is 249 g/mol. The number of rotatable bonds is 5. The highest BCUT2D eigenvalue weighted by Crippen LogP contribution is 2.13. The van der Waals surface area contributed by atoms with Gasteiger partial charge in [-0.15, -0.1) is 0 Å². The Morgan fingerprint density at radius 3 is 2.78 bits per heavy atom. The van der Waals surface area contributed by atoms with Crippen LogP contribution in [0.2, 0.25) is 0 Å². The van der Waals surface area contributed by atoms with E-state index in [2.05, 4.69) is 10.1 Å². The summed E-state index contributed by atoms with van der Waals surface area (Å²) in [7, 11) is 0. The Hall–Kier alpha value is -1.92. The lowest BCUT2D eigenvalue weighted by Crippen LogP contribution is -2.23. The Morgan fingerprint density at radius 2 is 2.11 bits per heavy atom. The van der Waals surface area contributed by atoms with E-state index in [1.165, 1.54) is 0 Å². The summed E-state index contributed by atoms with van der Waals surface area (Å²) in [6.45, 7) is 1.76. The zero-order valence-corrected chi connectivity index (χ0v) is 9.98. The van der Waals surface area contributed by atoms with Crippen LogP contribution in [0.25, 0.3) is 0 Å². The van der Waals surface area contributed by atoms with Crippen molar-refractivity contribution in [2.24, 2.45) is 5.73 Å². The van der Waals surface area contributed by atoms with Gasteiger partial charge in [-0.05, 0) is 19.1 Å². The number of para-hydroxylation sites is 1. The van der Waals surface area contributed by atoms with Crippen LogP contribution in [-0.2, 0) is 6.61 Å². The van der Waals surface area contributed by atoms with Crippen LogP contribution in [-0.4, -0.2) is 21.4 Å². The number of ether oxygens (including phenoxy) is 1. The van der Waals surface area contributed by atoms with Crippen molar-refractivity contribution >= 4 is 0 Å². The molecule has 0 radical (unpaired) electrons. The van der Waals surface area contributed by atoms with E-state index < -0.39 is 12.1 Å². The summed E-state index contributed by atoms with van der Waals surface area (Å²) in [5.74, 6) is 1.32.